The third-order valence-corrected chi connectivity index (χ3v) is 4.52. The van der Waals surface area contributed by atoms with E-state index >= 15 is 0 Å². The van der Waals surface area contributed by atoms with Gasteiger partial charge in [-0.15, -0.1) is 0 Å². The van der Waals surface area contributed by atoms with E-state index in [1.807, 2.05) is 0 Å². The number of rotatable bonds is 9. The van der Waals surface area contributed by atoms with Gasteiger partial charge in [-0.3, -0.25) is 9.59 Å². The number of nitrogens with zero attached hydrogens (tertiary/aromatic N) is 2. The molecule has 7 heteroatoms. The van der Waals surface area contributed by atoms with E-state index in [1.54, 1.807) is 16.7 Å². The molecule has 1 aliphatic rings. The lowest BCUT2D eigenvalue weighted by Crippen LogP contribution is -2.49. The minimum Gasteiger partial charge on any atom is -0.450 e. The molecule has 0 aromatic carbocycles. The van der Waals surface area contributed by atoms with Gasteiger partial charge in [0.15, 0.2) is 0 Å². The molecule has 1 aliphatic heterocycles. The van der Waals surface area contributed by atoms with Crippen molar-refractivity contribution in [1.29, 1.82) is 0 Å². The third kappa shape index (κ3) is 7.75. The SMILES string of the molecule is CCCCCNC(=O)CCN(C(C)=O)C1CCN(C(=O)OCC)CC1. The lowest BCUT2D eigenvalue weighted by Gasteiger charge is -2.37. The number of amides is 3. The zero-order valence-electron chi connectivity index (χ0n) is 15.9. The van der Waals surface area contributed by atoms with Crippen LogP contribution in [0.15, 0.2) is 0 Å². The summed E-state index contributed by atoms with van der Waals surface area (Å²) in [5.41, 5.74) is 0. The van der Waals surface area contributed by atoms with Crippen LogP contribution in [0.2, 0.25) is 0 Å². The number of nitrogens with one attached hydrogen (secondary N) is 1. The highest BCUT2D eigenvalue weighted by Gasteiger charge is 2.28. The van der Waals surface area contributed by atoms with Crippen molar-refractivity contribution in [2.45, 2.75) is 65.3 Å². The molecule has 0 bridgehead atoms. The van der Waals surface area contributed by atoms with E-state index in [0.29, 0.717) is 39.2 Å². The number of carbonyl (C=O) groups is 3. The maximum atomic E-state index is 12.0. The summed E-state index contributed by atoms with van der Waals surface area (Å²) in [4.78, 5) is 39.1. The van der Waals surface area contributed by atoms with Gasteiger partial charge in [0, 0.05) is 45.6 Å². The first kappa shape index (κ1) is 21.3. The van der Waals surface area contributed by atoms with Gasteiger partial charge in [0.25, 0.3) is 0 Å². The summed E-state index contributed by atoms with van der Waals surface area (Å²) in [7, 11) is 0. The number of likely N-dealkylation sites (tertiary alicyclic amines) is 1. The Bertz CT molecular complexity index is 434. The van der Waals surface area contributed by atoms with E-state index in [4.69, 9.17) is 4.74 Å². The maximum absolute atomic E-state index is 12.0. The highest BCUT2D eigenvalue weighted by Crippen LogP contribution is 2.18. The molecule has 7 nitrogen and oxygen atoms in total. The minimum atomic E-state index is -0.290. The maximum Gasteiger partial charge on any atom is 0.409 e. The van der Waals surface area contributed by atoms with Crippen LogP contribution < -0.4 is 5.32 Å². The number of hydrogen-bond donors (Lipinski definition) is 1. The first-order valence-corrected chi connectivity index (χ1v) is 9.45. The Morgan fingerprint density at radius 1 is 1.16 bits per heavy atom. The largest absolute Gasteiger partial charge is 0.450 e. The summed E-state index contributed by atoms with van der Waals surface area (Å²) < 4.78 is 5.01. The van der Waals surface area contributed by atoms with Crippen molar-refractivity contribution in [2.75, 3.05) is 32.8 Å². The van der Waals surface area contributed by atoms with E-state index in [0.717, 1.165) is 32.1 Å². The number of ether oxygens (including phenoxy) is 1. The Balaban J connectivity index is 2.38. The van der Waals surface area contributed by atoms with Crippen molar-refractivity contribution >= 4 is 17.9 Å². The molecule has 1 rings (SSSR count). The zero-order valence-corrected chi connectivity index (χ0v) is 15.9. The molecule has 0 aliphatic carbocycles. The van der Waals surface area contributed by atoms with Crippen LogP contribution in [0.25, 0.3) is 0 Å². The summed E-state index contributed by atoms with van der Waals surface area (Å²) in [5, 5.41) is 2.90. The first-order chi connectivity index (χ1) is 12.0. The van der Waals surface area contributed by atoms with Crippen LogP contribution in [0.3, 0.4) is 0 Å². The topological polar surface area (TPSA) is 79.0 Å². The smallest absolute Gasteiger partial charge is 0.409 e. The van der Waals surface area contributed by atoms with Crippen LogP contribution in [0.1, 0.15) is 59.3 Å². The van der Waals surface area contributed by atoms with E-state index in [2.05, 4.69) is 12.2 Å². The van der Waals surface area contributed by atoms with Gasteiger partial charge in [-0.25, -0.2) is 4.79 Å². The lowest BCUT2D eigenvalue weighted by molar-refractivity contribution is -0.132. The van der Waals surface area contributed by atoms with Crippen molar-refractivity contribution in [2.24, 2.45) is 0 Å². The molecule has 0 saturated carbocycles. The molecule has 0 aromatic rings. The minimum absolute atomic E-state index is 0.00804. The molecule has 0 spiro atoms. The molecule has 0 unspecified atom stereocenters. The van der Waals surface area contributed by atoms with Crippen molar-refractivity contribution in [3.05, 3.63) is 0 Å². The number of piperidine rings is 1. The van der Waals surface area contributed by atoms with Gasteiger partial charge < -0.3 is 19.9 Å². The molecule has 1 fully saturated rings. The monoisotopic (exact) mass is 355 g/mol. The molecule has 0 atom stereocenters. The van der Waals surface area contributed by atoms with Gasteiger partial charge in [0.1, 0.15) is 0 Å². The quantitative estimate of drug-likeness (QED) is 0.643. The number of unbranched alkanes of at least 4 members (excludes halogenated alkanes) is 2. The fourth-order valence-corrected chi connectivity index (χ4v) is 3.09. The third-order valence-electron chi connectivity index (χ3n) is 4.52. The number of carbonyl (C=O) groups excluding carboxylic acids is 3. The van der Waals surface area contributed by atoms with E-state index < -0.39 is 0 Å². The molecule has 1 N–H and O–H groups in total. The lowest BCUT2D eigenvalue weighted by atomic mass is 10.0. The molecular weight excluding hydrogens is 322 g/mol. The second kappa shape index (κ2) is 11.7. The van der Waals surface area contributed by atoms with Gasteiger partial charge in [-0.05, 0) is 26.2 Å². The Hall–Kier alpha value is -1.79. The fraction of sp³-hybridized carbons (Fsp3) is 0.833. The molecule has 25 heavy (non-hydrogen) atoms. The molecular formula is C18H33N3O4. The predicted octanol–water partition coefficient (Wildman–Crippen LogP) is 2.15. The van der Waals surface area contributed by atoms with Gasteiger partial charge >= 0.3 is 6.09 Å². The molecule has 3 amide bonds. The summed E-state index contributed by atoms with van der Waals surface area (Å²) in [5.74, 6) is -0.0281. The van der Waals surface area contributed by atoms with Gasteiger partial charge in [-0.1, -0.05) is 19.8 Å². The van der Waals surface area contributed by atoms with Crippen LogP contribution in [0.5, 0.6) is 0 Å². The van der Waals surface area contributed by atoms with Crippen LogP contribution in [-0.2, 0) is 14.3 Å². The van der Waals surface area contributed by atoms with E-state index in [1.165, 1.54) is 6.92 Å². The average molecular weight is 355 g/mol. The summed E-state index contributed by atoms with van der Waals surface area (Å²) >= 11 is 0. The van der Waals surface area contributed by atoms with Crippen LogP contribution in [-0.4, -0.2) is 66.5 Å². The molecule has 0 radical (unpaired) electrons. The molecule has 1 saturated heterocycles. The highest BCUT2D eigenvalue weighted by molar-refractivity contribution is 5.78. The second-order valence-corrected chi connectivity index (χ2v) is 6.44. The van der Waals surface area contributed by atoms with Crippen molar-refractivity contribution < 1.29 is 19.1 Å². The van der Waals surface area contributed by atoms with Crippen molar-refractivity contribution in [3.8, 4) is 0 Å². The van der Waals surface area contributed by atoms with Crippen LogP contribution in [0, 0.1) is 0 Å². The Kier molecular flexibility index (Phi) is 9.96. The second-order valence-electron chi connectivity index (χ2n) is 6.44. The van der Waals surface area contributed by atoms with Gasteiger partial charge in [-0.2, -0.15) is 0 Å². The van der Waals surface area contributed by atoms with Gasteiger partial charge in [0.05, 0.1) is 6.61 Å². The van der Waals surface area contributed by atoms with Crippen molar-refractivity contribution in [1.82, 2.24) is 15.1 Å². The summed E-state index contributed by atoms with van der Waals surface area (Å²) in [6, 6.07) is 0.0797. The van der Waals surface area contributed by atoms with Crippen molar-refractivity contribution in [3.63, 3.8) is 0 Å². The molecule has 144 valence electrons. The average Bonchev–Trinajstić information content (AvgIpc) is 2.59. The predicted molar refractivity (Wildman–Crippen MR) is 96.2 cm³/mol. The van der Waals surface area contributed by atoms with Crippen LogP contribution in [0.4, 0.5) is 4.79 Å². The Morgan fingerprint density at radius 3 is 2.40 bits per heavy atom. The van der Waals surface area contributed by atoms with Gasteiger partial charge in [0.2, 0.25) is 11.8 Å². The highest BCUT2D eigenvalue weighted by atomic mass is 16.6. The fourth-order valence-electron chi connectivity index (χ4n) is 3.09. The first-order valence-electron chi connectivity index (χ1n) is 9.45. The van der Waals surface area contributed by atoms with E-state index in [9.17, 15) is 14.4 Å². The zero-order chi connectivity index (χ0) is 18.7. The Morgan fingerprint density at radius 2 is 1.84 bits per heavy atom. The number of hydrogen-bond acceptors (Lipinski definition) is 4. The summed E-state index contributed by atoms with van der Waals surface area (Å²) in [6.07, 6.45) is 4.70. The van der Waals surface area contributed by atoms with Crippen LogP contribution >= 0.6 is 0 Å². The standard InChI is InChI=1S/C18H33N3O4/c1-4-6-7-11-19-17(23)10-14-21(15(3)22)16-8-12-20(13-9-16)18(24)25-5-2/h16H,4-14H2,1-3H3,(H,19,23). The molecule has 1 heterocycles. The normalized spacial score (nSPS) is 14.9. The summed E-state index contributed by atoms with van der Waals surface area (Å²) in [6.45, 7) is 8.11. The molecule has 0 aromatic heterocycles. The van der Waals surface area contributed by atoms with E-state index in [-0.39, 0.29) is 23.9 Å². The Labute approximate surface area is 151 Å².